The zero-order valence-electron chi connectivity index (χ0n) is 16.7. The molecule has 0 saturated carbocycles. The van der Waals surface area contributed by atoms with Gasteiger partial charge < -0.3 is 24.8 Å². The van der Waals surface area contributed by atoms with Gasteiger partial charge in [-0.25, -0.2) is 0 Å². The van der Waals surface area contributed by atoms with Crippen molar-refractivity contribution < 1.29 is 47.7 Å². The molecule has 150 valence electrons. The van der Waals surface area contributed by atoms with E-state index in [0.717, 1.165) is 3.67 Å². The molecule has 0 saturated heterocycles. The van der Waals surface area contributed by atoms with Crippen molar-refractivity contribution in [3.63, 3.8) is 0 Å². The topological polar surface area (TPSA) is 0 Å². The molecule has 3 aromatic rings. The van der Waals surface area contributed by atoms with Crippen molar-refractivity contribution in [3.05, 3.63) is 92.1 Å². The zero-order chi connectivity index (χ0) is 18.5. The molecular weight excluding hydrogens is 593 g/mol. The van der Waals surface area contributed by atoms with Crippen LogP contribution in [0.2, 0.25) is 0 Å². The number of halogens is 2. The number of rotatable bonds is 3. The number of allylic oxidation sites excluding steroid dienone is 5. The van der Waals surface area contributed by atoms with E-state index in [-0.39, 0.29) is 32.3 Å². The predicted molar refractivity (Wildman–Crippen MR) is 118 cm³/mol. The van der Waals surface area contributed by atoms with E-state index in [1.54, 1.807) is 30.3 Å². The molecule has 0 aliphatic heterocycles. The second-order valence-electron chi connectivity index (χ2n) is 8.08. The van der Waals surface area contributed by atoms with Gasteiger partial charge in [-0.1, -0.05) is 0 Å². The molecule has 0 spiro atoms. The molecule has 6 rings (SSSR count). The molecule has 0 bridgehead atoms. The SMILES string of the molecule is C1=CC[C]([Hf+2][CH]2C(p3c4c(c5ccccc53)CCCC4)=Cc3ccccc32)=C1.[Cl-].[Cl-]. The van der Waals surface area contributed by atoms with Crippen molar-refractivity contribution in [1.82, 2.24) is 0 Å². The average molecular weight is 616 g/mol. The number of benzene rings is 2. The zero-order valence-corrected chi connectivity index (χ0v) is 22.7. The van der Waals surface area contributed by atoms with Gasteiger partial charge in [0.15, 0.2) is 0 Å². The van der Waals surface area contributed by atoms with Crippen molar-refractivity contribution in [2.45, 2.75) is 35.8 Å². The van der Waals surface area contributed by atoms with Gasteiger partial charge in [-0.15, -0.1) is 0 Å². The van der Waals surface area contributed by atoms with E-state index in [9.17, 15) is 0 Å². The second-order valence-corrected chi connectivity index (χ2v) is 15.7. The Hall–Kier alpha value is -0.850. The minimum atomic E-state index is -0.944. The van der Waals surface area contributed by atoms with Crippen LogP contribution in [0.4, 0.5) is 0 Å². The van der Waals surface area contributed by atoms with E-state index in [2.05, 4.69) is 72.8 Å². The molecule has 0 amide bonds. The standard InChI is InChI=1S/C21H18P.C5H5.2ClH.Hf/c1-2-8-16-14-17(13-15(16)7-1)22-20-11-5-3-9-18(20)19-10-4-6-12-21(19)22;1-2-4-5-3-1;;;/h1-3,5,7-9,11,13-14H,4,6,10,12H2;1-3H,4H2;2*1H;/q;;;;+2/p-2. The van der Waals surface area contributed by atoms with E-state index in [0.29, 0.717) is 0 Å². The van der Waals surface area contributed by atoms with Gasteiger partial charge in [-0.05, 0) is 0 Å². The fourth-order valence-corrected chi connectivity index (χ4v) is 15.4. The summed E-state index contributed by atoms with van der Waals surface area (Å²) in [5.41, 5.74) is 4.86. The minimum Gasteiger partial charge on any atom is -1.00 e. The Morgan fingerprint density at radius 2 is 1.70 bits per heavy atom. The van der Waals surface area contributed by atoms with Crippen LogP contribution in [0.5, 0.6) is 0 Å². The molecule has 3 aliphatic carbocycles. The summed E-state index contributed by atoms with van der Waals surface area (Å²) in [5.74, 6) is 0. The Morgan fingerprint density at radius 1 is 0.900 bits per heavy atom. The fourth-order valence-electron chi connectivity index (χ4n) is 5.18. The molecule has 2 aromatic carbocycles. The monoisotopic (exact) mass is 616 g/mol. The largest absolute Gasteiger partial charge is 1.00 e. The third-order valence-electron chi connectivity index (χ3n) is 6.44. The van der Waals surface area contributed by atoms with Crippen molar-refractivity contribution in [2.24, 2.45) is 0 Å². The smallest absolute Gasteiger partial charge is 1.00 e. The van der Waals surface area contributed by atoms with Crippen LogP contribution in [0, 0.1) is 0 Å². The summed E-state index contributed by atoms with van der Waals surface area (Å²) in [7, 11) is -0.284. The normalized spacial score (nSPS) is 19.2. The molecule has 1 heterocycles. The van der Waals surface area contributed by atoms with Gasteiger partial charge in [0, 0.05) is 0 Å². The number of aryl methyl sites for hydroxylation is 1. The molecule has 2 unspecified atom stereocenters. The number of hydrogen-bond donors (Lipinski definition) is 0. The third kappa shape index (κ3) is 3.67. The first-order chi connectivity index (χ1) is 13.9. The molecule has 0 fully saturated rings. The van der Waals surface area contributed by atoms with Crippen LogP contribution < -0.4 is 24.8 Å². The number of fused-ring (bicyclic) bond motifs is 4. The summed E-state index contributed by atoms with van der Waals surface area (Å²) in [5, 5.41) is 6.88. The van der Waals surface area contributed by atoms with Gasteiger partial charge in [-0.2, -0.15) is 0 Å². The summed E-state index contributed by atoms with van der Waals surface area (Å²) >= 11 is -0.944. The molecule has 0 nitrogen and oxygen atoms in total. The van der Waals surface area contributed by atoms with Crippen LogP contribution in [-0.2, 0) is 35.7 Å². The van der Waals surface area contributed by atoms with Crippen molar-refractivity contribution >= 4 is 29.4 Å². The van der Waals surface area contributed by atoms with Crippen LogP contribution in [0.25, 0.3) is 21.9 Å². The summed E-state index contributed by atoms with van der Waals surface area (Å²) in [6.07, 6.45) is 16.3. The van der Waals surface area contributed by atoms with Crippen LogP contribution in [0.1, 0.15) is 44.9 Å². The van der Waals surface area contributed by atoms with E-state index in [1.165, 1.54) is 37.7 Å². The maximum absolute atomic E-state index is 2.61. The van der Waals surface area contributed by atoms with Crippen molar-refractivity contribution in [2.75, 3.05) is 0 Å². The summed E-state index contributed by atoms with van der Waals surface area (Å²) in [6, 6.07) is 18.6. The Bertz CT molecular complexity index is 1180. The van der Waals surface area contributed by atoms with E-state index in [1.807, 2.05) is 5.30 Å². The molecule has 4 heteroatoms. The summed E-state index contributed by atoms with van der Waals surface area (Å²) < 4.78 is 2.53. The molecule has 1 aromatic heterocycles. The molecular formula is C26H23Cl2HfP. The maximum Gasteiger partial charge on any atom is -1.00 e. The van der Waals surface area contributed by atoms with E-state index < -0.39 is 22.9 Å². The first kappa shape index (κ1) is 22.3. The molecule has 0 N–H and O–H groups in total. The van der Waals surface area contributed by atoms with Gasteiger partial charge in [0.1, 0.15) is 0 Å². The molecule has 3 aliphatic rings. The predicted octanol–water partition coefficient (Wildman–Crippen LogP) is 1.69. The Morgan fingerprint density at radius 3 is 2.57 bits per heavy atom. The first-order valence-electron chi connectivity index (χ1n) is 10.4. The first-order valence-corrected chi connectivity index (χ1v) is 15.7. The van der Waals surface area contributed by atoms with Gasteiger partial charge in [0.2, 0.25) is 0 Å². The minimum absolute atomic E-state index is 0. The number of hydrogen-bond acceptors (Lipinski definition) is 0. The second kappa shape index (κ2) is 9.33. The Labute approximate surface area is 203 Å². The summed E-state index contributed by atoms with van der Waals surface area (Å²) in [4.78, 5) is 0. The fraction of sp³-hybridized carbons (Fsp3) is 0.231. The molecule has 30 heavy (non-hydrogen) atoms. The van der Waals surface area contributed by atoms with Crippen LogP contribution in [-0.4, -0.2) is 0 Å². The Balaban J connectivity index is 0.00000109. The molecule has 0 radical (unpaired) electrons. The van der Waals surface area contributed by atoms with Gasteiger partial charge >= 0.3 is 180 Å². The third-order valence-corrected chi connectivity index (χ3v) is 16.1. The van der Waals surface area contributed by atoms with Crippen LogP contribution in [0.15, 0.2) is 70.1 Å². The van der Waals surface area contributed by atoms with Gasteiger partial charge in [0.05, 0.1) is 0 Å². The van der Waals surface area contributed by atoms with E-state index in [4.69, 9.17) is 0 Å². The molecule has 2 atom stereocenters. The summed E-state index contributed by atoms with van der Waals surface area (Å²) in [6.45, 7) is 0. The Kier molecular flexibility index (Phi) is 6.95. The van der Waals surface area contributed by atoms with Crippen molar-refractivity contribution in [1.29, 1.82) is 0 Å². The average Bonchev–Trinajstić information content (AvgIpc) is 3.45. The van der Waals surface area contributed by atoms with Gasteiger partial charge in [-0.3, -0.25) is 0 Å². The van der Waals surface area contributed by atoms with Gasteiger partial charge in [0.25, 0.3) is 0 Å². The quantitative estimate of drug-likeness (QED) is 0.394. The van der Waals surface area contributed by atoms with E-state index >= 15 is 0 Å². The maximum atomic E-state index is 2.61. The van der Waals surface area contributed by atoms with Crippen LogP contribution >= 0.6 is 7.53 Å². The van der Waals surface area contributed by atoms with Crippen molar-refractivity contribution in [3.8, 4) is 0 Å². The van der Waals surface area contributed by atoms with Crippen LogP contribution in [0.3, 0.4) is 0 Å².